The van der Waals surface area contributed by atoms with Crippen LogP contribution in [-0.2, 0) is 16.6 Å². The number of aromatic nitrogens is 3. The van der Waals surface area contributed by atoms with Gasteiger partial charge in [0.15, 0.2) is 0 Å². The van der Waals surface area contributed by atoms with Gasteiger partial charge in [0.1, 0.15) is 11.2 Å². The summed E-state index contributed by atoms with van der Waals surface area (Å²) >= 11 is 0. The van der Waals surface area contributed by atoms with E-state index < -0.39 is 0 Å². The Morgan fingerprint density at radius 3 is 3.09 bits per heavy atom. The van der Waals surface area contributed by atoms with Crippen LogP contribution in [0.2, 0.25) is 0 Å². The molecule has 23 heavy (non-hydrogen) atoms. The first-order valence-electron chi connectivity index (χ1n) is 7.63. The number of carbonyl (C=O) groups excluding carboxylic acids is 2. The third kappa shape index (κ3) is 3.07. The summed E-state index contributed by atoms with van der Waals surface area (Å²) in [5, 5.41) is 7.07. The molecule has 0 radical (unpaired) electrons. The lowest BCUT2D eigenvalue weighted by molar-refractivity contribution is -0.128. The number of hydrogen-bond acceptors (Lipinski definition) is 4. The number of nitrogens with zero attached hydrogens (tertiary/aromatic N) is 4. The molecule has 1 aliphatic rings. The van der Waals surface area contributed by atoms with Crippen molar-refractivity contribution in [2.75, 3.05) is 33.4 Å². The molecule has 8 heteroatoms. The molecule has 2 amide bonds. The van der Waals surface area contributed by atoms with Crippen molar-refractivity contribution < 1.29 is 14.3 Å². The highest BCUT2D eigenvalue weighted by Gasteiger charge is 2.29. The molecule has 0 aromatic carbocycles. The summed E-state index contributed by atoms with van der Waals surface area (Å²) in [7, 11) is 3.49. The van der Waals surface area contributed by atoms with E-state index in [4.69, 9.17) is 4.74 Å². The maximum atomic E-state index is 12.4. The van der Waals surface area contributed by atoms with Gasteiger partial charge in [0, 0.05) is 58.5 Å². The van der Waals surface area contributed by atoms with Crippen LogP contribution < -0.4 is 5.32 Å². The topological polar surface area (TPSA) is 80.9 Å². The molecule has 2 aromatic heterocycles. The molecule has 1 aliphatic heterocycles. The van der Waals surface area contributed by atoms with Gasteiger partial charge in [-0.1, -0.05) is 0 Å². The molecule has 1 unspecified atom stereocenters. The summed E-state index contributed by atoms with van der Waals surface area (Å²) in [5.41, 5.74) is 1.30. The molecule has 8 nitrogen and oxygen atoms in total. The van der Waals surface area contributed by atoms with E-state index in [-0.39, 0.29) is 17.7 Å². The lowest BCUT2D eigenvalue weighted by Gasteiger charge is -2.16. The van der Waals surface area contributed by atoms with E-state index >= 15 is 0 Å². The van der Waals surface area contributed by atoms with E-state index in [1.54, 1.807) is 28.9 Å². The number of imidazole rings is 1. The molecule has 0 saturated carbocycles. The summed E-state index contributed by atoms with van der Waals surface area (Å²) in [6, 6.07) is 0. The van der Waals surface area contributed by atoms with Gasteiger partial charge in [-0.3, -0.25) is 9.59 Å². The van der Waals surface area contributed by atoms with Gasteiger partial charge < -0.3 is 19.5 Å². The zero-order chi connectivity index (χ0) is 16.4. The molecule has 0 bridgehead atoms. The van der Waals surface area contributed by atoms with Gasteiger partial charge in [0.25, 0.3) is 5.91 Å². The fraction of sp³-hybridized carbons (Fsp3) is 0.533. The largest absolute Gasteiger partial charge is 0.383 e. The number of aryl methyl sites for hydroxylation is 1. The van der Waals surface area contributed by atoms with Crippen LogP contribution in [0.5, 0.6) is 0 Å². The summed E-state index contributed by atoms with van der Waals surface area (Å²) in [6.07, 6.45) is 5.69. The number of rotatable bonds is 6. The van der Waals surface area contributed by atoms with Crippen molar-refractivity contribution in [2.24, 2.45) is 13.0 Å². The van der Waals surface area contributed by atoms with Crippen LogP contribution in [0.25, 0.3) is 5.65 Å². The number of carbonyl (C=O) groups is 2. The molecule has 1 N–H and O–H groups in total. The van der Waals surface area contributed by atoms with E-state index in [0.717, 1.165) is 5.65 Å². The van der Waals surface area contributed by atoms with Crippen LogP contribution in [0.1, 0.15) is 16.8 Å². The van der Waals surface area contributed by atoms with Crippen molar-refractivity contribution in [1.29, 1.82) is 0 Å². The van der Waals surface area contributed by atoms with E-state index in [9.17, 15) is 9.59 Å². The van der Waals surface area contributed by atoms with Crippen molar-refractivity contribution in [3.8, 4) is 0 Å². The zero-order valence-corrected chi connectivity index (χ0v) is 13.4. The molecule has 1 fully saturated rings. The fourth-order valence-electron chi connectivity index (χ4n) is 2.95. The predicted octanol–water partition coefficient (Wildman–Crippen LogP) is -0.102. The maximum Gasteiger partial charge on any atom is 0.256 e. The second-order valence-electron chi connectivity index (χ2n) is 5.85. The average molecular weight is 319 g/mol. The van der Waals surface area contributed by atoms with E-state index in [1.165, 1.54) is 0 Å². The van der Waals surface area contributed by atoms with Crippen LogP contribution in [0.3, 0.4) is 0 Å². The van der Waals surface area contributed by atoms with Gasteiger partial charge in [-0.25, -0.2) is 4.52 Å². The van der Waals surface area contributed by atoms with E-state index in [2.05, 4.69) is 10.4 Å². The standard InChI is InChI=1S/C15H21N5O3/c1-18-3-4-20-15(18)12(9-17-20)14(22)16-8-11-7-13(21)19(10-11)5-6-23-2/h3-4,9,11H,5-8,10H2,1-2H3,(H,16,22). The van der Waals surface area contributed by atoms with Gasteiger partial charge in [-0.2, -0.15) is 5.10 Å². The Morgan fingerprint density at radius 2 is 2.30 bits per heavy atom. The molecule has 3 heterocycles. The number of hydrogen-bond donors (Lipinski definition) is 1. The molecule has 3 rings (SSSR count). The van der Waals surface area contributed by atoms with Crippen molar-refractivity contribution in [3.63, 3.8) is 0 Å². The van der Waals surface area contributed by atoms with Gasteiger partial charge in [0.2, 0.25) is 5.91 Å². The first-order chi connectivity index (χ1) is 11.1. The number of methoxy groups -OCH3 is 1. The summed E-state index contributed by atoms with van der Waals surface area (Å²) < 4.78 is 8.53. The van der Waals surface area contributed by atoms with Crippen LogP contribution >= 0.6 is 0 Å². The molecule has 1 saturated heterocycles. The average Bonchev–Trinajstić information content (AvgIpc) is 3.20. The minimum absolute atomic E-state index is 0.122. The van der Waals surface area contributed by atoms with Gasteiger partial charge >= 0.3 is 0 Å². The predicted molar refractivity (Wildman–Crippen MR) is 83.1 cm³/mol. The summed E-state index contributed by atoms with van der Waals surface area (Å²) in [6.45, 7) is 2.28. The summed E-state index contributed by atoms with van der Waals surface area (Å²) in [4.78, 5) is 26.0. The highest BCUT2D eigenvalue weighted by molar-refractivity contribution is 5.99. The second-order valence-corrected chi connectivity index (χ2v) is 5.85. The van der Waals surface area contributed by atoms with Crippen molar-refractivity contribution in [3.05, 3.63) is 24.2 Å². The highest BCUT2D eigenvalue weighted by atomic mass is 16.5. The Bertz CT molecular complexity index is 720. The van der Waals surface area contributed by atoms with Gasteiger partial charge in [-0.15, -0.1) is 0 Å². The quantitative estimate of drug-likeness (QED) is 0.806. The SMILES string of the molecule is COCCN1CC(CNC(=O)c2cnn3ccn(C)c23)CC1=O. The minimum atomic E-state index is -0.162. The van der Waals surface area contributed by atoms with Crippen molar-refractivity contribution >= 4 is 17.5 Å². The Kier molecular flexibility index (Phi) is 4.33. The first-order valence-corrected chi connectivity index (χ1v) is 7.63. The van der Waals surface area contributed by atoms with E-state index in [1.807, 2.05) is 17.8 Å². The first kappa shape index (κ1) is 15.5. The number of likely N-dealkylation sites (tertiary alicyclic amines) is 1. The van der Waals surface area contributed by atoms with Crippen LogP contribution in [-0.4, -0.2) is 64.2 Å². The maximum absolute atomic E-state index is 12.4. The molecular weight excluding hydrogens is 298 g/mol. The molecule has 2 aromatic rings. The Balaban J connectivity index is 1.57. The Labute approximate surface area is 134 Å². The van der Waals surface area contributed by atoms with Crippen LogP contribution in [0, 0.1) is 5.92 Å². The smallest absolute Gasteiger partial charge is 0.256 e. The Morgan fingerprint density at radius 1 is 1.48 bits per heavy atom. The lowest BCUT2D eigenvalue weighted by atomic mass is 10.1. The molecule has 124 valence electrons. The van der Waals surface area contributed by atoms with Crippen LogP contribution in [0.15, 0.2) is 18.6 Å². The van der Waals surface area contributed by atoms with Crippen LogP contribution in [0.4, 0.5) is 0 Å². The second kappa shape index (κ2) is 6.41. The lowest BCUT2D eigenvalue weighted by Crippen LogP contribution is -2.32. The molecule has 0 aliphatic carbocycles. The fourth-order valence-corrected chi connectivity index (χ4v) is 2.95. The minimum Gasteiger partial charge on any atom is -0.383 e. The molecule has 1 atom stereocenters. The number of ether oxygens (including phenoxy) is 1. The number of amides is 2. The Hall–Kier alpha value is -2.35. The third-order valence-electron chi connectivity index (χ3n) is 4.19. The molecule has 0 spiro atoms. The number of nitrogens with one attached hydrogen (secondary N) is 1. The monoisotopic (exact) mass is 319 g/mol. The van der Waals surface area contributed by atoms with Crippen molar-refractivity contribution in [1.82, 2.24) is 24.4 Å². The highest BCUT2D eigenvalue weighted by Crippen LogP contribution is 2.17. The van der Waals surface area contributed by atoms with E-state index in [0.29, 0.717) is 38.2 Å². The zero-order valence-electron chi connectivity index (χ0n) is 13.4. The third-order valence-corrected chi connectivity index (χ3v) is 4.19. The number of fused-ring (bicyclic) bond motifs is 1. The van der Waals surface area contributed by atoms with Gasteiger partial charge in [0.05, 0.1) is 12.8 Å². The van der Waals surface area contributed by atoms with Crippen molar-refractivity contribution in [2.45, 2.75) is 6.42 Å². The normalized spacial score (nSPS) is 18.1. The molecular formula is C15H21N5O3. The van der Waals surface area contributed by atoms with Gasteiger partial charge in [-0.05, 0) is 0 Å². The summed E-state index contributed by atoms with van der Waals surface area (Å²) in [5.74, 6) is 0.101.